The second-order valence-corrected chi connectivity index (χ2v) is 14.6. The van der Waals surface area contributed by atoms with Gasteiger partial charge >= 0.3 is 12.1 Å². The van der Waals surface area contributed by atoms with E-state index in [1.165, 1.54) is 0 Å². The zero-order chi connectivity index (χ0) is 37.0. The predicted octanol–water partition coefficient (Wildman–Crippen LogP) is 5.33. The van der Waals surface area contributed by atoms with Crippen molar-refractivity contribution in [2.45, 2.75) is 96.4 Å². The molecule has 12 nitrogen and oxygen atoms in total. The van der Waals surface area contributed by atoms with Crippen molar-refractivity contribution < 1.29 is 43.2 Å². The van der Waals surface area contributed by atoms with Gasteiger partial charge in [0.05, 0.1) is 30.9 Å². The van der Waals surface area contributed by atoms with Crippen LogP contribution in [0.2, 0.25) is 0 Å². The average Bonchev–Trinajstić information content (AvgIpc) is 3.70. The Morgan fingerprint density at radius 2 is 1.69 bits per heavy atom. The van der Waals surface area contributed by atoms with Crippen LogP contribution in [0.1, 0.15) is 81.6 Å². The topological polar surface area (TPSA) is 144 Å². The van der Waals surface area contributed by atoms with Crippen LogP contribution in [0.25, 0.3) is 0 Å². The smallest absolute Gasteiger partial charge is 0.408 e. The van der Waals surface area contributed by atoms with Gasteiger partial charge in [0.2, 0.25) is 5.91 Å². The number of rotatable bonds is 10. The number of nitrogens with one attached hydrogen (secondary N) is 1. The standard InChI is InChI=1S/C40H47N3O9/c1-25-33(22-42-19-9-14-32(42)37(47)52-40(2,3)4)50-38(51-35(25)28-17-15-26(23-44)16-18-28)29-12-8-13-30(20-29)43-34(45)21-31(36(43)46)41-39(48)49-24-27-10-6-5-7-11-27/h5-8,10-13,15-18,20,25,31-33,35,38,44H,9,14,19,21-24H2,1-4H3,(H,41,48)/t25-,31?,32-,33+,35+,38+/m0/s1. The first-order valence-electron chi connectivity index (χ1n) is 17.8. The SMILES string of the molecule is C[C@H]1[C@@H](CN2CCC[C@H]2C(=O)OC(C)(C)C)O[C@@H](c2cccc(N3C(=O)CC(NC(=O)OCc4ccccc4)C3=O)c2)O[C@H]1c1ccc(CO)cc1. The van der Waals surface area contributed by atoms with Crippen molar-refractivity contribution in [1.82, 2.24) is 10.2 Å². The van der Waals surface area contributed by atoms with E-state index in [9.17, 15) is 24.3 Å². The molecule has 3 aliphatic rings. The summed E-state index contributed by atoms with van der Waals surface area (Å²) in [5.74, 6) is -1.41. The Morgan fingerprint density at radius 1 is 0.942 bits per heavy atom. The van der Waals surface area contributed by atoms with Crippen LogP contribution in [0, 0.1) is 5.92 Å². The molecule has 0 saturated carbocycles. The molecule has 0 aromatic heterocycles. The van der Waals surface area contributed by atoms with Crippen molar-refractivity contribution in [2.75, 3.05) is 18.0 Å². The van der Waals surface area contributed by atoms with E-state index in [0.717, 1.165) is 34.6 Å². The van der Waals surface area contributed by atoms with Crippen LogP contribution < -0.4 is 10.2 Å². The van der Waals surface area contributed by atoms with Gasteiger partial charge in [-0.2, -0.15) is 0 Å². The zero-order valence-corrected chi connectivity index (χ0v) is 30.0. The lowest BCUT2D eigenvalue weighted by molar-refractivity contribution is -0.276. The fraction of sp³-hybridized carbons (Fsp3) is 0.450. The first-order valence-corrected chi connectivity index (χ1v) is 17.8. The van der Waals surface area contributed by atoms with Crippen LogP contribution in [0.5, 0.6) is 0 Å². The van der Waals surface area contributed by atoms with Crippen molar-refractivity contribution in [3.8, 4) is 0 Å². The van der Waals surface area contributed by atoms with Crippen LogP contribution in [0.15, 0.2) is 78.9 Å². The lowest BCUT2D eigenvalue weighted by Gasteiger charge is -2.43. The minimum Gasteiger partial charge on any atom is -0.459 e. The molecule has 6 atom stereocenters. The summed E-state index contributed by atoms with van der Waals surface area (Å²) in [6.07, 6.45) is -1.09. The van der Waals surface area contributed by atoms with Gasteiger partial charge in [0.25, 0.3) is 5.91 Å². The van der Waals surface area contributed by atoms with E-state index >= 15 is 0 Å². The molecule has 0 aliphatic carbocycles. The second kappa shape index (κ2) is 16.0. The Labute approximate surface area is 304 Å². The number of nitrogens with zero attached hydrogens (tertiary/aromatic N) is 2. The summed E-state index contributed by atoms with van der Waals surface area (Å²) in [6, 6.07) is 22.2. The Hall–Kier alpha value is -4.62. The summed E-state index contributed by atoms with van der Waals surface area (Å²) >= 11 is 0. The van der Waals surface area contributed by atoms with Gasteiger partial charge in [0.1, 0.15) is 24.3 Å². The van der Waals surface area contributed by atoms with Crippen molar-refractivity contribution in [3.63, 3.8) is 0 Å². The maximum Gasteiger partial charge on any atom is 0.408 e. The minimum atomic E-state index is -1.07. The molecular weight excluding hydrogens is 666 g/mol. The molecule has 12 heteroatoms. The van der Waals surface area contributed by atoms with Crippen molar-refractivity contribution in [2.24, 2.45) is 5.92 Å². The highest BCUT2D eigenvalue weighted by molar-refractivity contribution is 6.22. The summed E-state index contributed by atoms with van der Waals surface area (Å²) in [4.78, 5) is 55.5. The number of benzene rings is 3. The highest BCUT2D eigenvalue weighted by atomic mass is 16.7. The number of anilines is 1. The van der Waals surface area contributed by atoms with Gasteiger partial charge in [0.15, 0.2) is 6.29 Å². The predicted molar refractivity (Wildman–Crippen MR) is 191 cm³/mol. The monoisotopic (exact) mass is 713 g/mol. The molecule has 3 fully saturated rings. The third-order valence-electron chi connectivity index (χ3n) is 9.63. The quantitative estimate of drug-likeness (QED) is 0.209. The Morgan fingerprint density at radius 3 is 2.40 bits per heavy atom. The molecule has 276 valence electrons. The molecule has 3 saturated heterocycles. The molecule has 3 aromatic carbocycles. The van der Waals surface area contributed by atoms with Crippen LogP contribution in [0.3, 0.4) is 0 Å². The lowest BCUT2D eigenvalue weighted by atomic mass is 9.90. The van der Waals surface area contributed by atoms with Crippen LogP contribution in [-0.2, 0) is 46.5 Å². The number of likely N-dealkylation sites (tertiary alicyclic amines) is 1. The van der Waals surface area contributed by atoms with Gasteiger partial charge in [0, 0.05) is 18.0 Å². The molecule has 52 heavy (non-hydrogen) atoms. The van der Waals surface area contributed by atoms with Gasteiger partial charge in [-0.25, -0.2) is 9.69 Å². The highest BCUT2D eigenvalue weighted by Gasteiger charge is 2.44. The number of carbonyl (C=O) groups excluding carboxylic acids is 4. The fourth-order valence-corrected chi connectivity index (χ4v) is 6.97. The third kappa shape index (κ3) is 8.70. The van der Waals surface area contributed by atoms with Crippen molar-refractivity contribution in [3.05, 3.63) is 101 Å². The summed E-state index contributed by atoms with van der Waals surface area (Å²) in [5, 5.41) is 12.2. The summed E-state index contributed by atoms with van der Waals surface area (Å²) in [6.45, 7) is 8.78. The van der Waals surface area contributed by atoms with E-state index in [2.05, 4.69) is 17.1 Å². The van der Waals surface area contributed by atoms with E-state index in [1.807, 2.05) is 81.4 Å². The maximum absolute atomic E-state index is 13.5. The van der Waals surface area contributed by atoms with Crippen molar-refractivity contribution >= 4 is 29.6 Å². The molecule has 3 heterocycles. The molecular formula is C40H47N3O9. The van der Waals surface area contributed by atoms with Crippen LogP contribution in [-0.4, -0.2) is 70.8 Å². The number of aliphatic hydroxyl groups excluding tert-OH is 1. The van der Waals surface area contributed by atoms with E-state index in [-0.39, 0.29) is 43.7 Å². The molecule has 3 aromatic rings. The highest BCUT2D eigenvalue weighted by Crippen LogP contribution is 2.43. The maximum atomic E-state index is 13.5. The summed E-state index contributed by atoms with van der Waals surface area (Å²) in [7, 11) is 0. The number of alkyl carbamates (subject to hydrolysis) is 1. The molecule has 1 unspecified atom stereocenters. The Kier molecular flexibility index (Phi) is 11.4. The number of imide groups is 1. The van der Waals surface area contributed by atoms with E-state index in [4.69, 9.17) is 18.9 Å². The molecule has 2 N–H and O–H groups in total. The molecule has 0 bridgehead atoms. The number of aliphatic hydroxyl groups is 1. The van der Waals surface area contributed by atoms with E-state index in [0.29, 0.717) is 24.2 Å². The summed E-state index contributed by atoms with van der Waals surface area (Å²) in [5.41, 5.74) is 2.79. The van der Waals surface area contributed by atoms with Gasteiger partial charge in [-0.1, -0.05) is 73.7 Å². The van der Waals surface area contributed by atoms with Crippen molar-refractivity contribution in [1.29, 1.82) is 0 Å². The molecule has 6 rings (SSSR count). The van der Waals surface area contributed by atoms with Gasteiger partial charge < -0.3 is 29.4 Å². The first kappa shape index (κ1) is 37.1. The molecule has 0 spiro atoms. The van der Waals surface area contributed by atoms with Crippen LogP contribution >= 0.6 is 0 Å². The number of amides is 3. The zero-order valence-electron chi connectivity index (χ0n) is 30.0. The van der Waals surface area contributed by atoms with E-state index < -0.39 is 41.9 Å². The first-order chi connectivity index (χ1) is 24.9. The average molecular weight is 714 g/mol. The number of ether oxygens (including phenoxy) is 4. The minimum absolute atomic E-state index is 0.0281. The number of carbonyl (C=O) groups is 4. The normalized spacial score (nSPS) is 25.3. The fourth-order valence-electron chi connectivity index (χ4n) is 6.97. The summed E-state index contributed by atoms with van der Waals surface area (Å²) < 4.78 is 24.3. The molecule has 3 amide bonds. The molecule has 0 radical (unpaired) electrons. The van der Waals surface area contributed by atoms with E-state index in [1.54, 1.807) is 18.2 Å². The Balaban J connectivity index is 1.20. The molecule has 3 aliphatic heterocycles. The van der Waals surface area contributed by atoms with Gasteiger partial charge in [-0.15, -0.1) is 0 Å². The second-order valence-electron chi connectivity index (χ2n) is 14.6. The number of esters is 1. The lowest BCUT2D eigenvalue weighted by Crippen LogP contribution is -2.48. The van der Waals surface area contributed by atoms with Gasteiger partial charge in [-0.05, 0) is 69.0 Å². The van der Waals surface area contributed by atoms with Crippen LogP contribution in [0.4, 0.5) is 10.5 Å². The van der Waals surface area contributed by atoms with Gasteiger partial charge in [-0.3, -0.25) is 19.3 Å². The Bertz CT molecular complexity index is 1740. The third-order valence-corrected chi connectivity index (χ3v) is 9.63. The number of hydrogen-bond donors (Lipinski definition) is 2. The number of hydrogen-bond acceptors (Lipinski definition) is 10. The largest absolute Gasteiger partial charge is 0.459 e.